The van der Waals surface area contributed by atoms with Gasteiger partial charge in [-0.1, -0.05) is 0 Å². The molecular formula is C12H26N2O2. The highest BCUT2D eigenvalue weighted by molar-refractivity contribution is 4.74. The quantitative estimate of drug-likeness (QED) is 0.717. The van der Waals surface area contributed by atoms with Gasteiger partial charge in [-0.15, -0.1) is 0 Å². The molecule has 0 spiro atoms. The van der Waals surface area contributed by atoms with Gasteiger partial charge in [-0.05, 0) is 27.3 Å². The normalized spacial score (nSPS) is 23.2. The zero-order chi connectivity index (χ0) is 12.0. The van der Waals surface area contributed by atoms with Crippen LogP contribution in [0.2, 0.25) is 0 Å². The standard InChI is InChI=1S/C12H26N2O2/c1-11(2)14(5-4-7-15)10-12-9-13(3)6-8-16-12/h11-12,15H,4-10H2,1-3H3. The zero-order valence-corrected chi connectivity index (χ0v) is 10.9. The van der Waals surface area contributed by atoms with Crippen molar-refractivity contribution < 1.29 is 9.84 Å². The third kappa shape index (κ3) is 4.78. The molecule has 16 heavy (non-hydrogen) atoms. The van der Waals surface area contributed by atoms with E-state index in [0.29, 0.717) is 12.1 Å². The summed E-state index contributed by atoms with van der Waals surface area (Å²) in [5, 5.41) is 8.88. The lowest BCUT2D eigenvalue weighted by molar-refractivity contribution is -0.0401. The third-order valence-corrected chi connectivity index (χ3v) is 3.11. The molecule has 1 unspecified atom stereocenters. The first-order valence-electron chi connectivity index (χ1n) is 6.28. The Morgan fingerprint density at radius 2 is 2.25 bits per heavy atom. The van der Waals surface area contributed by atoms with Gasteiger partial charge in [0.15, 0.2) is 0 Å². The van der Waals surface area contributed by atoms with E-state index in [1.165, 1.54) is 0 Å². The van der Waals surface area contributed by atoms with Crippen LogP contribution in [-0.2, 0) is 4.74 Å². The summed E-state index contributed by atoms with van der Waals surface area (Å²) in [7, 11) is 2.14. The summed E-state index contributed by atoms with van der Waals surface area (Å²) in [5.74, 6) is 0. The van der Waals surface area contributed by atoms with Crippen LogP contribution in [0, 0.1) is 0 Å². The van der Waals surface area contributed by atoms with Crippen LogP contribution in [0.4, 0.5) is 0 Å². The summed E-state index contributed by atoms with van der Waals surface area (Å²) in [5.41, 5.74) is 0. The number of hydrogen-bond acceptors (Lipinski definition) is 4. The molecule has 0 aromatic carbocycles. The minimum atomic E-state index is 0.272. The lowest BCUT2D eigenvalue weighted by Gasteiger charge is -2.35. The van der Waals surface area contributed by atoms with Gasteiger partial charge in [0, 0.05) is 38.8 Å². The Bertz CT molecular complexity index is 188. The first-order valence-corrected chi connectivity index (χ1v) is 6.28. The molecule has 1 aliphatic heterocycles. The van der Waals surface area contributed by atoms with Crippen molar-refractivity contribution in [3.8, 4) is 0 Å². The Hall–Kier alpha value is -0.160. The fraction of sp³-hybridized carbons (Fsp3) is 1.00. The summed E-state index contributed by atoms with van der Waals surface area (Å²) < 4.78 is 5.76. The first-order chi connectivity index (χ1) is 7.63. The average Bonchev–Trinajstić information content (AvgIpc) is 2.24. The van der Waals surface area contributed by atoms with E-state index in [1.54, 1.807) is 0 Å². The van der Waals surface area contributed by atoms with Crippen molar-refractivity contribution in [2.45, 2.75) is 32.4 Å². The molecule has 1 N–H and O–H groups in total. The maximum Gasteiger partial charge on any atom is 0.0829 e. The molecule has 0 aromatic heterocycles. The Kier molecular flexibility index (Phi) is 6.28. The number of likely N-dealkylation sites (N-methyl/N-ethyl adjacent to an activating group) is 1. The molecular weight excluding hydrogens is 204 g/mol. The van der Waals surface area contributed by atoms with Crippen LogP contribution in [0.1, 0.15) is 20.3 Å². The number of aliphatic hydroxyl groups is 1. The largest absolute Gasteiger partial charge is 0.396 e. The number of rotatable bonds is 6. The number of nitrogens with zero attached hydrogens (tertiary/aromatic N) is 2. The van der Waals surface area contributed by atoms with Crippen LogP contribution in [0.5, 0.6) is 0 Å². The second-order valence-electron chi connectivity index (χ2n) is 4.92. The van der Waals surface area contributed by atoms with E-state index in [9.17, 15) is 0 Å². The van der Waals surface area contributed by atoms with Crippen molar-refractivity contribution in [1.29, 1.82) is 0 Å². The van der Waals surface area contributed by atoms with Crippen LogP contribution < -0.4 is 0 Å². The maximum absolute atomic E-state index is 8.88. The molecule has 96 valence electrons. The SMILES string of the molecule is CC(C)N(CCCO)CC1CN(C)CCO1. The van der Waals surface area contributed by atoms with Crippen LogP contribution in [0.3, 0.4) is 0 Å². The highest BCUT2D eigenvalue weighted by atomic mass is 16.5. The summed E-state index contributed by atoms with van der Waals surface area (Å²) >= 11 is 0. The van der Waals surface area contributed by atoms with Gasteiger partial charge in [0.05, 0.1) is 12.7 Å². The summed E-state index contributed by atoms with van der Waals surface area (Å²) in [4.78, 5) is 4.71. The van der Waals surface area contributed by atoms with Gasteiger partial charge in [0.25, 0.3) is 0 Å². The van der Waals surface area contributed by atoms with Crippen LogP contribution >= 0.6 is 0 Å². The van der Waals surface area contributed by atoms with Crippen molar-refractivity contribution in [2.24, 2.45) is 0 Å². The molecule has 4 heteroatoms. The second kappa shape index (κ2) is 7.22. The number of aliphatic hydroxyl groups excluding tert-OH is 1. The minimum absolute atomic E-state index is 0.272. The van der Waals surface area contributed by atoms with E-state index in [1.807, 2.05) is 0 Å². The molecule has 0 aliphatic carbocycles. The average molecular weight is 230 g/mol. The molecule has 1 rings (SSSR count). The van der Waals surface area contributed by atoms with Gasteiger partial charge >= 0.3 is 0 Å². The molecule has 0 saturated carbocycles. The van der Waals surface area contributed by atoms with Crippen LogP contribution in [0.25, 0.3) is 0 Å². The molecule has 1 aliphatic rings. The molecule has 0 bridgehead atoms. The van der Waals surface area contributed by atoms with E-state index < -0.39 is 0 Å². The van der Waals surface area contributed by atoms with E-state index >= 15 is 0 Å². The molecule has 1 fully saturated rings. The summed E-state index contributed by atoms with van der Waals surface area (Å²) in [6.45, 7) is 9.49. The number of morpholine rings is 1. The fourth-order valence-corrected chi connectivity index (χ4v) is 2.07. The van der Waals surface area contributed by atoms with Crippen LogP contribution in [-0.4, -0.2) is 73.5 Å². The van der Waals surface area contributed by atoms with Crippen molar-refractivity contribution in [3.05, 3.63) is 0 Å². The topological polar surface area (TPSA) is 35.9 Å². The smallest absolute Gasteiger partial charge is 0.0829 e. The molecule has 1 heterocycles. The highest BCUT2D eigenvalue weighted by Crippen LogP contribution is 2.08. The Morgan fingerprint density at radius 1 is 1.50 bits per heavy atom. The third-order valence-electron chi connectivity index (χ3n) is 3.11. The Balaban J connectivity index is 2.34. The minimum Gasteiger partial charge on any atom is -0.396 e. The van der Waals surface area contributed by atoms with Gasteiger partial charge in [-0.3, -0.25) is 4.90 Å². The summed E-state index contributed by atoms with van der Waals surface area (Å²) in [6, 6.07) is 0.516. The Labute approximate surface area is 99.2 Å². The molecule has 1 atom stereocenters. The van der Waals surface area contributed by atoms with Crippen molar-refractivity contribution in [1.82, 2.24) is 9.80 Å². The number of hydrogen-bond donors (Lipinski definition) is 1. The first kappa shape index (κ1) is 13.9. The van der Waals surface area contributed by atoms with E-state index in [-0.39, 0.29) is 6.61 Å². The Morgan fingerprint density at radius 3 is 2.81 bits per heavy atom. The van der Waals surface area contributed by atoms with E-state index in [2.05, 4.69) is 30.7 Å². The predicted molar refractivity (Wildman–Crippen MR) is 65.6 cm³/mol. The maximum atomic E-state index is 8.88. The molecule has 0 aromatic rings. The highest BCUT2D eigenvalue weighted by Gasteiger charge is 2.21. The van der Waals surface area contributed by atoms with Gasteiger partial charge in [0.1, 0.15) is 0 Å². The fourth-order valence-electron chi connectivity index (χ4n) is 2.07. The summed E-state index contributed by atoms with van der Waals surface area (Å²) in [6.07, 6.45) is 1.17. The second-order valence-corrected chi connectivity index (χ2v) is 4.92. The predicted octanol–water partition coefficient (Wildman–Crippen LogP) is 0.410. The number of ether oxygens (including phenoxy) is 1. The monoisotopic (exact) mass is 230 g/mol. The molecule has 4 nitrogen and oxygen atoms in total. The van der Waals surface area contributed by atoms with Gasteiger partial charge in [0.2, 0.25) is 0 Å². The van der Waals surface area contributed by atoms with Crippen molar-refractivity contribution >= 4 is 0 Å². The lowest BCUT2D eigenvalue weighted by atomic mass is 10.2. The van der Waals surface area contributed by atoms with Crippen molar-refractivity contribution in [2.75, 3.05) is 46.4 Å². The van der Waals surface area contributed by atoms with Gasteiger partial charge in [-0.2, -0.15) is 0 Å². The van der Waals surface area contributed by atoms with Gasteiger partial charge < -0.3 is 14.7 Å². The van der Waals surface area contributed by atoms with Crippen molar-refractivity contribution in [3.63, 3.8) is 0 Å². The van der Waals surface area contributed by atoms with E-state index in [4.69, 9.17) is 9.84 Å². The molecule has 0 amide bonds. The van der Waals surface area contributed by atoms with Crippen LogP contribution in [0.15, 0.2) is 0 Å². The zero-order valence-electron chi connectivity index (χ0n) is 10.9. The lowest BCUT2D eigenvalue weighted by Crippen LogP contribution is -2.47. The van der Waals surface area contributed by atoms with E-state index in [0.717, 1.165) is 39.2 Å². The molecule has 1 saturated heterocycles. The van der Waals surface area contributed by atoms with Gasteiger partial charge in [-0.25, -0.2) is 0 Å². The molecule has 0 radical (unpaired) electrons.